The lowest BCUT2D eigenvalue weighted by Gasteiger charge is -2.33. The van der Waals surface area contributed by atoms with E-state index in [1.807, 2.05) is 24.3 Å². The van der Waals surface area contributed by atoms with E-state index in [1.54, 1.807) is 0 Å². The Kier molecular flexibility index (Phi) is 4.09. The Hall–Kier alpha value is -2.37. The molecule has 0 aliphatic carbocycles. The van der Waals surface area contributed by atoms with Crippen molar-refractivity contribution in [3.8, 4) is 0 Å². The molecule has 1 atom stereocenters. The molecule has 2 aromatic rings. The molecular weight excluding hydrogens is 282 g/mol. The van der Waals surface area contributed by atoms with E-state index in [1.165, 1.54) is 4.90 Å². The van der Waals surface area contributed by atoms with Gasteiger partial charge in [-0.15, -0.1) is 0 Å². The van der Waals surface area contributed by atoms with E-state index in [9.17, 15) is 14.7 Å². The van der Waals surface area contributed by atoms with Crippen molar-refractivity contribution >= 4 is 22.9 Å². The Morgan fingerprint density at radius 2 is 2.14 bits per heavy atom. The molecule has 1 aliphatic rings. The molecule has 0 unspecified atom stereocenters. The number of aliphatic carboxylic acids is 1. The molecule has 1 aromatic carbocycles. The molecule has 116 valence electrons. The summed E-state index contributed by atoms with van der Waals surface area (Å²) < 4.78 is 0. The number of hydrogen-bond donors (Lipinski definition) is 2. The average Bonchev–Trinajstić information content (AvgIpc) is 2.95. The number of piperidine rings is 1. The average molecular weight is 301 g/mol. The summed E-state index contributed by atoms with van der Waals surface area (Å²) in [4.78, 5) is 32.7. The number of nitrogens with zero attached hydrogens (tertiary/aromatic N) is 2. The fourth-order valence-corrected chi connectivity index (χ4v) is 2.98. The monoisotopic (exact) mass is 301 g/mol. The van der Waals surface area contributed by atoms with Crippen molar-refractivity contribution < 1.29 is 14.7 Å². The molecule has 2 N–H and O–H groups in total. The largest absolute Gasteiger partial charge is 0.480 e. The summed E-state index contributed by atoms with van der Waals surface area (Å²) in [5.74, 6) is -0.247. The van der Waals surface area contributed by atoms with Crippen LogP contribution in [0.3, 0.4) is 0 Å². The number of carboxylic acid groups (broad SMARTS) is 1. The second-order valence-electron chi connectivity index (χ2n) is 5.64. The first-order valence-corrected chi connectivity index (χ1v) is 7.61. The van der Waals surface area contributed by atoms with Gasteiger partial charge in [0, 0.05) is 19.4 Å². The number of carboxylic acids is 1. The molecule has 1 aliphatic heterocycles. The molecule has 1 saturated heterocycles. The third kappa shape index (κ3) is 2.95. The molecule has 1 fully saturated rings. The second-order valence-corrected chi connectivity index (χ2v) is 5.64. The molecule has 0 bridgehead atoms. The summed E-state index contributed by atoms with van der Waals surface area (Å²) in [6.07, 6.45) is 3.07. The van der Waals surface area contributed by atoms with Crippen LogP contribution in [0.15, 0.2) is 24.3 Å². The number of likely N-dealkylation sites (tertiary alicyclic amines) is 1. The Labute approximate surface area is 128 Å². The molecule has 0 radical (unpaired) electrons. The van der Waals surface area contributed by atoms with Gasteiger partial charge in [0.05, 0.1) is 11.0 Å². The SMILES string of the molecule is O=C(O)[C@H]1CCCCN1C(=O)CCc1nc2ccccc2[nH]1. The van der Waals surface area contributed by atoms with Crippen LogP contribution in [0.1, 0.15) is 31.5 Å². The van der Waals surface area contributed by atoms with Crippen molar-refractivity contribution in [3.05, 3.63) is 30.1 Å². The van der Waals surface area contributed by atoms with Crippen molar-refractivity contribution in [1.29, 1.82) is 0 Å². The maximum atomic E-state index is 12.3. The van der Waals surface area contributed by atoms with E-state index in [-0.39, 0.29) is 12.3 Å². The van der Waals surface area contributed by atoms with E-state index >= 15 is 0 Å². The molecule has 3 rings (SSSR count). The predicted molar refractivity (Wildman–Crippen MR) is 81.4 cm³/mol. The minimum atomic E-state index is -0.906. The highest BCUT2D eigenvalue weighted by Crippen LogP contribution is 2.19. The highest BCUT2D eigenvalue weighted by Gasteiger charge is 2.31. The van der Waals surface area contributed by atoms with Gasteiger partial charge in [-0.2, -0.15) is 0 Å². The first kappa shape index (κ1) is 14.6. The molecule has 6 heteroatoms. The summed E-state index contributed by atoms with van der Waals surface area (Å²) >= 11 is 0. The lowest BCUT2D eigenvalue weighted by Crippen LogP contribution is -2.48. The van der Waals surface area contributed by atoms with Crippen molar-refractivity contribution in [2.45, 2.75) is 38.1 Å². The zero-order valence-corrected chi connectivity index (χ0v) is 12.3. The summed E-state index contributed by atoms with van der Waals surface area (Å²) in [6.45, 7) is 0.538. The van der Waals surface area contributed by atoms with Crippen LogP contribution in [0.2, 0.25) is 0 Å². The van der Waals surface area contributed by atoms with Gasteiger partial charge in [0.15, 0.2) is 0 Å². The van der Waals surface area contributed by atoms with Gasteiger partial charge in [-0.25, -0.2) is 9.78 Å². The molecule has 6 nitrogen and oxygen atoms in total. The molecule has 2 heterocycles. The second kappa shape index (κ2) is 6.17. The lowest BCUT2D eigenvalue weighted by molar-refractivity contribution is -0.152. The molecule has 0 spiro atoms. The van der Waals surface area contributed by atoms with E-state index in [2.05, 4.69) is 9.97 Å². The van der Waals surface area contributed by atoms with Crippen LogP contribution in [-0.2, 0) is 16.0 Å². The van der Waals surface area contributed by atoms with Crippen molar-refractivity contribution in [1.82, 2.24) is 14.9 Å². The van der Waals surface area contributed by atoms with Crippen molar-refractivity contribution in [2.75, 3.05) is 6.54 Å². The summed E-state index contributed by atoms with van der Waals surface area (Å²) in [5.41, 5.74) is 1.83. The molecule has 1 amide bonds. The Balaban J connectivity index is 1.64. The van der Waals surface area contributed by atoms with Crippen LogP contribution in [0.25, 0.3) is 11.0 Å². The normalized spacial score (nSPS) is 18.5. The van der Waals surface area contributed by atoms with Crippen LogP contribution in [0.4, 0.5) is 0 Å². The van der Waals surface area contributed by atoms with Gasteiger partial charge in [0.1, 0.15) is 11.9 Å². The number of rotatable bonds is 4. The maximum absolute atomic E-state index is 12.3. The topological polar surface area (TPSA) is 86.3 Å². The highest BCUT2D eigenvalue weighted by atomic mass is 16.4. The zero-order chi connectivity index (χ0) is 15.5. The van der Waals surface area contributed by atoms with E-state index in [4.69, 9.17) is 0 Å². The molecular formula is C16H19N3O3. The van der Waals surface area contributed by atoms with Gasteiger partial charge < -0.3 is 15.0 Å². The van der Waals surface area contributed by atoms with Crippen molar-refractivity contribution in [3.63, 3.8) is 0 Å². The van der Waals surface area contributed by atoms with Crippen LogP contribution >= 0.6 is 0 Å². The maximum Gasteiger partial charge on any atom is 0.326 e. The van der Waals surface area contributed by atoms with Crippen LogP contribution in [0, 0.1) is 0 Å². The third-order valence-electron chi connectivity index (χ3n) is 4.12. The number of H-pyrrole nitrogens is 1. The number of para-hydroxylation sites is 2. The summed E-state index contributed by atoms with van der Waals surface area (Å²) in [7, 11) is 0. The number of aryl methyl sites for hydroxylation is 1. The van der Waals surface area contributed by atoms with Crippen LogP contribution in [0.5, 0.6) is 0 Å². The quantitative estimate of drug-likeness (QED) is 0.904. The van der Waals surface area contributed by atoms with Gasteiger partial charge in [-0.05, 0) is 31.4 Å². The van der Waals surface area contributed by atoms with E-state index in [0.717, 1.165) is 29.7 Å². The predicted octanol–water partition coefficient (Wildman–Crippen LogP) is 1.96. The lowest BCUT2D eigenvalue weighted by atomic mass is 10.0. The highest BCUT2D eigenvalue weighted by molar-refractivity contribution is 5.84. The number of carbonyl (C=O) groups excluding carboxylic acids is 1. The van der Waals surface area contributed by atoms with Gasteiger partial charge in [0.2, 0.25) is 5.91 Å². The standard InChI is InChI=1S/C16H19N3O3/c20-15(19-10-4-3-7-13(19)16(21)22)9-8-14-17-11-5-1-2-6-12(11)18-14/h1-2,5-6,13H,3-4,7-10H2,(H,17,18)(H,21,22)/t13-/m1/s1. The zero-order valence-electron chi connectivity index (χ0n) is 12.3. The molecule has 0 saturated carbocycles. The fraction of sp³-hybridized carbons (Fsp3) is 0.438. The Morgan fingerprint density at radius 1 is 1.32 bits per heavy atom. The van der Waals surface area contributed by atoms with Gasteiger partial charge >= 0.3 is 5.97 Å². The number of aromatic nitrogens is 2. The number of amides is 1. The number of fused-ring (bicyclic) bond motifs is 1. The van der Waals surface area contributed by atoms with Gasteiger partial charge in [-0.1, -0.05) is 12.1 Å². The number of hydrogen-bond acceptors (Lipinski definition) is 3. The van der Waals surface area contributed by atoms with Crippen LogP contribution in [-0.4, -0.2) is 44.4 Å². The minimum absolute atomic E-state index is 0.104. The number of aromatic amines is 1. The number of imidazole rings is 1. The Bertz CT molecular complexity index is 662. The fourth-order valence-electron chi connectivity index (χ4n) is 2.98. The summed E-state index contributed by atoms with van der Waals surface area (Å²) in [5, 5.41) is 9.23. The number of carbonyl (C=O) groups is 2. The first-order chi connectivity index (χ1) is 10.6. The minimum Gasteiger partial charge on any atom is -0.480 e. The van der Waals surface area contributed by atoms with Crippen molar-refractivity contribution in [2.24, 2.45) is 0 Å². The van der Waals surface area contributed by atoms with Gasteiger partial charge in [0.25, 0.3) is 0 Å². The van der Waals surface area contributed by atoms with Gasteiger partial charge in [-0.3, -0.25) is 4.79 Å². The summed E-state index contributed by atoms with van der Waals surface area (Å²) in [6, 6.07) is 7.04. The van der Waals surface area contributed by atoms with Crippen LogP contribution < -0.4 is 0 Å². The first-order valence-electron chi connectivity index (χ1n) is 7.61. The van der Waals surface area contributed by atoms with E-state index < -0.39 is 12.0 Å². The number of nitrogens with one attached hydrogen (secondary N) is 1. The molecule has 1 aromatic heterocycles. The Morgan fingerprint density at radius 3 is 2.91 bits per heavy atom. The molecule has 22 heavy (non-hydrogen) atoms. The number of benzene rings is 1. The smallest absolute Gasteiger partial charge is 0.326 e. The third-order valence-corrected chi connectivity index (χ3v) is 4.12. The van der Waals surface area contributed by atoms with E-state index in [0.29, 0.717) is 19.4 Å².